The molecule has 0 spiro atoms. The Kier molecular flexibility index (Phi) is 5.23. The molecule has 2 saturated heterocycles. The minimum Gasteiger partial charge on any atom is -0.366 e. The fourth-order valence-corrected chi connectivity index (χ4v) is 3.22. The molecule has 1 unspecified atom stereocenters. The fourth-order valence-electron chi connectivity index (χ4n) is 3.22. The molecule has 4 nitrogen and oxygen atoms in total. The molecular weight excluding hydrogens is 302 g/mol. The highest BCUT2D eigenvalue weighted by atomic mass is 19.1. The lowest BCUT2D eigenvalue weighted by atomic mass is 10.1. The number of hydrogen-bond acceptors (Lipinski definition) is 3. The van der Waals surface area contributed by atoms with Crippen molar-refractivity contribution in [3.05, 3.63) is 35.4 Å². The van der Waals surface area contributed by atoms with Crippen LogP contribution in [0.3, 0.4) is 0 Å². The van der Waals surface area contributed by atoms with Gasteiger partial charge in [0, 0.05) is 38.3 Å². The van der Waals surface area contributed by atoms with E-state index in [1.807, 2.05) is 9.80 Å². The number of morpholine rings is 1. The van der Waals surface area contributed by atoms with Crippen molar-refractivity contribution in [3.63, 3.8) is 0 Å². The van der Waals surface area contributed by atoms with Gasteiger partial charge in [-0.2, -0.15) is 0 Å². The summed E-state index contributed by atoms with van der Waals surface area (Å²) in [7, 11) is 0. The summed E-state index contributed by atoms with van der Waals surface area (Å²) in [5, 5.41) is 0. The van der Waals surface area contributed by atoms with Gasteiger partial charge in [0.25, 0.3) is 5.91 Å². The summed E-state index contributed by atoms with van der Waals surface area (Å²) in [6.45, 7) is 3.33. The summed E-state index contributed by atoms with van der Waals surface area (Å²) in [5.41, 5.74) is 0.316. The first-order valence-electron chi connectivity index (χ1n) is 8.20. The highest BCUT2D eigenvalue weighted by Gasteiger charge is 2.31. The van der Waals surface area contributed by atoms with Crippen LogP contribution in [-0.2, 0) is 16.1 Å². The molecule has 1 amide bonds. The van der Waals surface area contributed by atoms with Gasteiger partial charge in [0.15, 0.2) is 0 Å². The van der Waals surface area contributed by atoms with Gasteiger partial charge in [-0.05, 0) is 37.5 Å². The molecule has 2 heterocycles. The second kappa shape index (κ2) is 7.36. The third-order valence-corrected chi connectivity index (χ3v) is 4.50. The first-order valence-corrected chi connectivity index (χ1v) is 8.20. The zero-order valence-electron chi connectivity index (χ0n) is 13.1. The lowest BCUT2D eigenvalue weighted by molar-refractivity contribution is -0.150. The molecule has 2 fully saturated rings. The fraction of sp³-hybridized carbons (Fsp3) is 0.588. The molecule has 6 heteroatoms. The summed E-state index contributed by atoms with van der Waals surface area (Å²) in [6, 6.07) is 3.47. The van der Waals surface area contributed by atoms with E-state index in [4.69, 9.17) is 4.74 Å². The van der Waals surface area contributed by atoms with Crippen molar-refractivity contribution in [2.24, 2.45) is 0 Å². The molecular formula is C17H22F2N2O2. The maximum absolute atomic E-state index is 13.8. The number of likely N-dealkylation sites (tertiary alicyclic amines) is 1. The van der Waals surface area contributed by atoms with Crippen molar-refractivity contribution in [1.82, 2.24) is 9.80 Å². The molecule has 1 aromatic carbocycles. The second-order valence-corrected chi connectivity index (χ2v) is 6.22. The van der Waals surface area contributed by atoms with Gasteiger partial charge in [0.1, 0.15) is 17.7 Å². The number of nitrogens with zero attached hydrogens (tertiary/aromatic N) is 2. The van der Waals surface area contributed by atoms with Crippen LogP contribution in [0.4, 0.5) is 8.78 Å². The van der Waals surface area contributed by atoms with E-state index < -0.39 is 17.7 Å². The molecule has 0 aromatic heterocycles. The number of carbonyl (C=O) groups is 1. The van der Waals surface area contributed by atoms with E-state index in [1.165, 1.54) is 12.5 Å². The van der Waals surface area contributed by atoms with Crippen molar-refractivity contribution in [2.45, 2.75) is 31.9 Å². The zero-order valence-corrected chi connectivity index (χ0v) is 13.1. The number of benzene rings is 1. The molecule has 0 N–H and O–H groups in total. The predicted molar refractivity (Wildman–Crippen MR) is 81.8 cm³/mol. The number of amides is 1. The Bertz CT molecular complexity index is 562. The number of hydrogen-bond donors (Lipinski definition) is 0. The molecule has 1 aromatic rings. The molecule has 1 atom stereocenters. The number of carbonyl (C=O) groups excluding carboxylic acids is 1. The molecule has 0 radical (unpaired) electrons. The van der Waals surface area contributed by atoms with Gasteiger partial charge in [0.2, 0.25) is 0 Å². The number of halogens is 2. The van der Waals surface area contributed by atoms with E-state index in [9.17, 15) is 13.6 Å². The third kappa shape index (κ3) is 4.06. The average molecular weight is 324 g/mol. The second-order valence-electron chi connectivity index (χ2n) is 6.22. The highest BCUT2D eigenvalue weighted by molar-refractivity contribution is 5.81. The van der Waals surface area contributed by atoms with Gasteiger partial charge >= 0.3 is 0 Å². The maximum Gasteiger partial charge on any atom is 0.253 e. The summed E-state index contributed by atoms with van der Waals surface area (Å²) < 4.78 is 32.7. The summed E-state index contributed by atoms with van der Waals surface area (Å²) in [5.74, 6) is -0.846. The van der Waals surface area contributed by atoms with Crippen molar-refractivity contribution in [2.75, 3.05) is 32.8 Å². The van der Waals surface area contributed by atoms with Crippen LogP contribution in [0.1, 0.15) is 24.8 Å². The van der Waals surface area contributed by atoms with Crippen LogP contribution in [-0.4, -0.2) is 54.6 Å². The van der Waals surface area contributed by atoms with Crippen LogP contribution in [0.5, 0.6) is 0 Å². The van der Waals surface area contributed by atoms with E-state index in [0.29, 0.717) is 25.3 Å². The summed E-state index contributed by atoms with van der Waals surface area (Å²) >= 11 is 0. The predicted octanol–water partition coefficient (Wildman–Crippen LogP) is 2.18. The Morgan fingerprint density at radius 2 is 1.96 bits per heavy atom. The van der Waals surface area contributed by atoms with E-state index in [0.717, 1.165) is 38.1 Å². The first-order chi connectivity index (χ1) is 11.1. The third-order valence-electron chi connectivity index (χ3n) is 4.50. The van der Waals surface area contributed by atoms with Crippen LogP contribution < -0.4 is 0 Å². The SMILES string of the molecule is O=C(C1CN(Cc2cc(F)ccc2F)CCO1)N1CCCCC1. The minimum atomic E-state index is -0.501. The van der Waals surface area contributed by atoms with Gasteiger partial charge in [-0.15, -0.1) is 0 Å². The largest absolute Gasteiger partial charge is 0.366 e. The molecule has 2 aliphatic heterocycles. The molecule has 126 valence electrons. The molecule has 23 heavy (non-hydrogen) atoms. The van der Waals surface area contributed by atoms with Crippen LogP contribution in [0.2, 0.25) is 0 Å². The minimum absolute atomic E-state index is 0.0223. The van der Waals surface area contributed by atoms with E-state index in [1.54, 1.807) is 0 Å². The van der Waals surface area contributed by atoms with Crippen LogP contribution in [0, 0.1) is 11.6 Å². The van der Waals surface area contributed by atoms with Crippen LogP contribution in [0.15, 0.2) is 18.2 Å². The van der Waals surface area contributed by atoms with Crippen molar-refractivity contribution in [1.29, 1.82) is 0 Å². The van der Waals surface area contributed by atoms with Gasteiger partial charge in [0.05, 0.1) is 6.61 Å². The Morgan fingerprint density at radius 1 is 1.17 bits per heavy atom. The van der Waals surface area contributed by atoms with Crippen LogP contribution >= 0.6 is 0 Å². The number of ether oxygens (including phenoxy) is 1. The van der Waals surface area contributed by atoms with Crippen molar-refractivity contribution >= 4 is 5.91 Å². The maximum atomic E-state index is 13.8. The lowest BCUT2D eigenvalue weighted by Crippen LogP contribution is -2.51. The Hall–Kier alpha value is -1.53. The Labute approximate surface area is 135 Å². The quantitative estimate of drug-likeness (QED) is 0.854. The lowest BCUT2D eigenvalue weighted by Gasteiger charge is -2.36. The Morgan fingerprint density at radius 3 is 2.74 bits per heavy atom. The van der Waals surface area contributed by atoms with E-state index in [2.05, 4.69) is 0 Å². The molecule has 0 saturated carbocycles. The van der Waals surface area contributed by atoms with E-state index in [-0.39, 0.29) is 12.5 Å². The number of piperidine rings is 1. The molecule has 0 bridgehead atoms. The smallest absolute Gasteiger partial charge is 0.253 e. The van der Waals surface area contributed by atoms with Crippen LogP contribution in [0.25, 0.3) is 0 Å². The number of rotatable bonds is 3. The molecule has 0 aliphatic carbocycles. The summed E-state index contributed by atoms with van der Waals surface area (Å²) in [4.78, 5) is 16.3. The van der Waals surface area contributed by atoms with Gasteiger partial charge in [-0.1, -0.05) is 0 Å². The standard InChI is InChI=1S/C17H22F2N2O2/c18-14-4-5-15(19)13(10-14)11-20-8-9-23-16(12-20)17(22)21-6-2-1-3-7-21/h4-5,10,16H,1-3,6-9,11-12H2. The normalized spacial score (nSPS) is 23.0. The van der Waals surface area contributed by atoms with E-state index >= 15 is 0 Å². The van der Waals surface area contributed by atoms with Gasteiger partial charge in [-0.25, -0.2) is 8.78 Å². The van der Waals surface area contributed by atoms with Gasteiger partial charge < -0.3 is 9.64 Å². The van der Waals surface area contributed by atoms with Crippen molar-refractivity contribution in [3.8, 4) is 0 Å². The molecule has 3 rings (SSSR count). The topological polar surface area (TPSA) is 32.8 Å². The molecule has 2 aliphatic rings. The first kappa shape index (κ1) is 16.3. The Balaban J connectivity index is 1.61. The highest BCUT2D eigenvalue weighted by Crippen LogP contribution is 2.17. The van der Waals surface area contributed by atoms with Gasteiger partial charge in [-0.3, -0.25) is 9.69 Å². The monoisotopic (exact) mass is 324 g/mol. The average Bonchev–Trinajstić information content (AvgIpc) is 2.58. The zero-order chi connectivity index (χ0) is 16.2. The summed E-state index contributed by atoms with van der Waals surface area (Å²) in [6.07, 6.45) is 2.74. The van der Waals surface area contributed by atoms with Crippen molar-refractivity contribution < 1.29 is 18.3 Å².